The van der Waals surface area contributed by atoms with E-state index in [4.69, 9.17) is 14.2 Å². The Bertz CT molecular complexity index is 766. The fraction of sp³-hybridized carbons (Fsp3) is 0.636. The molecule has 1 heterocycles. The van der Waals surface area contributed by atoms with E-state index in [0.717, 1.165) is 31.2 Å². The fourth-order valence-electron chi connectivity index (χ4n) is 5.32. The van der Waals surface area contributed by atoms with Gasteiger partial charge in [0.25, 0.3) is 0 Å². The van der Waals surface area contributed by atoms with Crippen LogP contribution < -0.4 is 9.47 Å². The molecular weight excluding hydrogens is 358 g/mol. The van der Waals surface area contributed by atoms with E-state index in [1.165, 1.54) is 0 Å². The van der Waals surface area contributed by atoms with E-state index < -0.39 is 11.4 Å². The maximum atomic E-state index is 11.3. The highest BCUT2D eigenvalue weighted by Gasteiger charge is 2.52. The van der Waals surface area contributed by atoms with Gasteiger partial charge in [0, 0.05) is 12.8 Å². The molecule has 2 aliphatic carbocycles. The van der Waals surface area contributed by atoms with Gasteiger partial charge in [-0.15, -0.1) is 0 Å². The van der Waals surface area contributed by atoms with Crippen LogP contribution in [0.1, 0.15) is 44.1 Å². The van der Waals surface area contributed by atoms with E-state index >= 15 is 0 Å². The SMILES string of the molecule is COc1ccc(C2(C#N)C[C@H]3CC(C(=O)O)C[C@H]3C2)cc1OC1CCOCC1. The molecule has 2 unspecified atom stereocenters. The molecule has 6 heteroatoms. The van der Waals surface area contributed by atoms with Gasteiger partial charge in [-0.3, -0.25) is 4.79 Å². The first-order valence-corrected chi connectivity index (χ1v) is 10.1. The van der Waals surface area contributed by atoms with Crippen LogP contribution in [0.15, 0.2) is 18.2 Å². The molecule has 0 aromatic heterocycles. The molecule has 4 rings (SSSR count). The second-order valence-corrected chi connectivity index (χ2v) is 8.42. The molecule has 1 N–H and O–H groups in total. The highest BCUT2D eigenvalue weighted by molar-refractivity contribution is 5.70. The number of fused-ring (bicyclic) bond motifs is 1. The summed E-state index contributed by atoms with van der Waals surface area (Å²) in [7, 11) is 1.62. The molecule has 0 radical (unpaired) electrons. The lowest BCUT2D eigenvalue weighted by Gasteiger charge is -2.27. The van der Waals surface area contributed by atoms with Crippen molar-refractivity contribution >= 4 is 5.97 Å². The minimum absolute atomic E-state index is 0.0928. The van der Waals surface area contributed by atoms with Crippen LogP contribution in [0.25, 0.3) is 0 Å². The van der Waals surface area contributed by atoms with Gasteiger partial charge < -0.3 is 19.3 Å². The van der Waals surface area contributed by atoms with E-state index in [1.807, 2.05) is 18.2 Å². The Balaban J connectivity index is 1.57. The van der Waals surface area contributed by atoms with Gasteiger partial charge in [0.1, 0.15) is 6.10 Å². The predicted octanol–water partition coefficient (Wildman–Crippen LogP) is 3.54. The van der Waals surface area contributed by atoms with Crippen LogP contribution in [0.4, 0.5) is 0 Å². The third-order valence-electron chi connectivity index (χ3n) is 6.80. The third kappa shape index (κ3) is 3.44. The van der Waals surface area contributed by atoms with Crippen molar-refractivity contribution < 1.29 is 24.1 Å². The number of hydrogen-bond acceptors (Lipinski definition) is 5. The molecule has 0 bridgehead atoms. The minimum atomic E-state index is -0.700. The van der Waals surface area contributed by atoms with E-state index in [-0.39, 0.29) is 12.0 Å². The number of hydrogen-bond donors (Lipinski definition) is 1. The summed E-state index contributed by atoms with van der Waals surface area (Å²) >= 11 is 0. The number of nitrogens with zero attached hydrogens (tertiary/aromatic N) is 1. The smallest absolute Gasteiger partial charge is 0.306 e. The van der Waals surface area contributed by atoms with Crippen molar-refractivity contribution in [2.45, 2.75) is 50.0 Å². The van der Waals surface area contributed by atoms with Crippen LogP contribution in [0.5, 0.6) is 11.5 Å². The van der Waals surface area contributed by atoms with Crippen LogP contribution in [0, 0.1) is 29.1 Å². The summed E-state index contributed by atoms with van der Waals surface area (Å²) in [6.07, 6.45) is 4.60. The summed E-state index contributed by atoms with van der Waals surface area (Å²) in [5, 5.41) is 19.4. The van der Waals surface area contributed by atoms with E-state index in [9.17, 15) is 15.2 Å². The van der Waals surface area contributed by atoms with E-state index in [1.54, 1.807) is 7.11 Å². The zero-order valence-electron chi connectivity index (χ0n) is 16.2. The Hall–Kier alpha value is -2.26. The normalized spacial score (nSPS) is 32.5. The van der Waals surface area contributed by atoms with Crippen molar-refractivity contribution in [3.05, 3.63) is 23.8 Å². The van der Waals surface area contributed by atoms with E-state index in [2.05, 4.69) is 6.07 Å². The molecule has 1 saturated heterocycles. The van der Waals surface area contributed by atoms with Crippen LogP contribution in [0.2, 0.25) is 0 Å². The highest BCUT2D eigenvalue weighted by Crippen LogP contribution is 2.56. The van der Waals surface area contributed by atoms with E-state index in [0.29, 0.717) is 49.4 Å². The number of rotatable bonds is 5. The summed E-state index contributed by atoms with van der Waals surface area (Å²) in [5.74, 6) is 1.02. The van der Waals surface area contributed by atoms with Gasteiger partial charge in [-0.2, -0.15) is 5.26 Å². The fourth-order valence-corrected chi connectivity index (χ4v) is 5.32. The summed E-state index contributed by atoms with van der Waals surface area (Å²) in [6.45, 7) is 1.39. The number of carboxylic acid groups (broad SMARTS) is 1. The Kier molecular flexibility index (Phi) is 5.20. The monoisotopic (exact) mass is 385 g/mol. The van der Waals surface area contributed by atoms with Gasteiger partial charge in [-0.05, 0) is 55.2 Å². The highest BCUT2D eigenvalue weighted by atomic mass is 16.5. The number of nitriles is 1. The van der Waals surface area contributed by atoms with Gasteiger partial charge in [0.2, 0.25) is 0 Å². The molecule has 0 spiro atoms. The molecule has 1 aromatic rings. The number of carbonyl (C=O) groups is 1. The average molecular weight is 385 g/mol. The lowest BCUT2D eigenvalue weighted by Crippen LogP contribution is -2.26. The topological polar surface area (TPSA) is 88.8 Å². The van der Waals surface area contributed by atoms with Gasteiger partial charge in [0.15, 0.2) is 11.5 Å². The standard InChI is InChI=1S/C22H27NO5/c1-26-19-3-2-17(10-20(19)28-18-4-6-27-7-5-18)22(13-23)11-15-8-14(21(24)25)9-16(15)12-22/h2-3,10,14-16,18H,4-9,11-12H2,1H3,(H,24,25)/t14?,15-,16+,22?. The molecule has 3 aliphatic rings. The molecular formula is C22H27NO5. The predicted molar refractivity (Wildman–Crippen MR) is 101 cm³/mol. The molecule has 0 amide bonds. The summed E-state index contributed by atoms with van der Waals surface area (Å²) in [6, 6.07) is 8.39. The number of ether oxygens (including phenoxy) is 3. The summed E-state index contributed by atoms with van der Waals surface area (Å²) < 4.78 is 17.1. The summed E-state index contributed by atoms with van der Waals surface area (Å²) in [4.78, 5) is 11.3. The first kappa shape index (κ1) is 19.1. The van der Waals surface area contributed by atoms with Crippen LogP contribution in [0.3, 0.4) is 0 Å². The van der Waals surface area contributed by atoms with Crippen molar-refractivity contribution in [2.75, 3.05) is 20.3 Å². The summed E-state index contributed by atoms with van der Waals surface area (Å²) in [5.41, 5.74) is 0.387. The lowest BCUT2D eigenvalue weighted by atomic mass is 9.77. The molecule has 6 nitrogen and oxygen atoms in total. The Labute approximate surface area is 165 Å². The first-order valence-electron chi connectivity index (χ1n) is 10.1. The quantitative estimate of drug-likeness (QED) is 0.834. The molecule has 28 heavy (non-hydrogen) atoms. The van der Waals surface area contributed by atoms with Crippen molar-refractivity contribution in [2.24, 2.45) is 17.8 Å². The first-order chi connectivity index (χ1) is 13.5. The molecule has 1 aromatic carbocycles. The third-order valence-corrected chi connectivity index (χ3v) is 6.80. The molecule has 3 fully saturated rings. The second kappa shape index (κ2) is 7.63. The maximum Gasteiger partial charge on any atom is 0.306 e. The van der Waals surface area contributed by atoms with Gasteiger partial charge in [-0.25, -0.2) is 0 Å². The van der Waals surface area contributed by atoms with Gasteiger partial charge >= 0.3 is 5.97 Å². The maximum absolute atomic E-state index is 11.3. The van der Waals surface area contributed by atoms with Crippen molar-refractivity contribution in [1.82, 2.24) is 0 Å². The Morgan fingerprint density at radius 2 is 1.89 bits per heavy atom. The number of aliphatic carboxylic acids is 1. The van der Waals surface area contributed by atoms with Crippen LogP contribution >= 0.6 is 0 Å². The molecule has 4 atom stereocenters. The lowest BCUT2D eigenvalue weighted by molar-refractivity contribution is -0.141. The molecule has 1 aliphatic heterocycles. The van der Waals surface area contributed by atoms with Gasteiger partial charge in [-0.1, -0.05) is 6.07 Å². The average Bonchev–Trinajstić information content (AvgIpc) is 3.26. The zero-order valence-corrected chi connectivity index (χ0v) is 16.2. The van der Waals surface area contributed by atoms with Crippen molar-refractivity contribution in [3.8, 4) is 17.6 Å². The Morgan fingerprint density at radius 1 is 1.21 bits per heavy atom. The second-order valence-electron chi connectivity index (χ2n) is 8.42. The number of benzene rings is 1. The van der Waals surface area contributed by atoms with Crippen LogP contribution in [-0.2, 0) is 14.9 Å². The number of carboxylic acids is 1. The minimum Gasteiger partial charge on any atom is -0.493 e. The van der Waals surface area contributed by atoms with Crippen LogP contribution in [-0.4, -0.2) is 37.5 Å². The largest absolute Gasteiger partial charge is 0.493 e. The van der Waals surface area contributed by atoms with Gasteiger partial charge in [0.05, 0.1) is 37.7 Å². The Morgan fingerprint density at radius 3 is 2.46 bits per heavy atom. The zero-order chi connectivity index (χ0) is 19.7. The molecule has 150 valence electrons. The van der Waals surface area contributed by atoms with Crippen molar-refractivity contribution in [3.63, 3.8) is 0 Å². The number of methoxy groups -OCH3 is 1. The van der Waals surface area contributed by atoms with Crippen molar-refractivity contribution in [1.29, 1.82) is 5.26 Å². The molecule has 2 saturated carbocycles.